The molecule has 0 bridgehead atoms. The minimum atomic E-state index is 0. The molecule has 2 aromatic carbocycles. The molecule has 5 rings (SSSR count). The van der Waals surface area contributed by atoms with Gasteiger partial charge < -0.3 is 14.9 Å². The van der Waals surface area contributed by atoms with Crippen LogP contribution >= 0.6 is 11.3 Å². The summed E-state index contributed by atoms with van der Waals surface area (Å²) in [5.41, 5.74) is 4.17. The second-order valence-electron chi connectivity index (χ2n) is 9.64. The van der Waals surface area contributed by atoms with E-state index in [1.54, 1.807) is 0 Å². The monoisotopic (exact) mass is 522 g/mol. The molecule has 0 nitrogen and oxygen atoms in total. The van der Waals surface area contributed by atoms with Crippen molar-refractivity contribution in [3.05, 3.63) is 85.0 Å². The van der Waals surface area contributed by atoms with Crippen LogP contribution < -0.4 is 0 Å². The van der Waals surface area contributed by atoms with Crippen molar-refractivity contribution < 1.29 is 17.1 Å². The second-order valence-corrected chi connectivity index (χ2v) is 10.9. The van der Waals surface area contributed by atoms with E-state index in [1.165, 1.54) is 83.0 Å². The van der Waals surface area contributed by atoms with E-state index in [-0.39, 0.29) is 31.9 Å². The fraction of sp³-hybridized carbons (Fsp3) is 0.500. The standard InChI is InChI=1S/C10H10S.C8H10.2C6H12.2CH3.Fe/c1-7-8(2)11-10-6-4-3-5-9(7)10;1-7-5-3-4-6-8(7)2;2*1-6-4-2-3-5-6;;;/h3-6H,1-2H3;3-6H,1-2H3;2*6H,2-5H2,1H3;2*1H3;/q;;;;2*-1;+2. The Hall–Kier alpha value is -1.08. The first kappa shape index (κ1) is 35.1. The van der Waals surface area contributed by atoms with Crippen molar-refractivity contribution in [1.29, 1.82) is 0 Å². The van der Waals surface area contributed by atoms with Gasteiger partial charge in [-0.2, -0.15) is 0 Å². The number of fused-ring (bicyclic) bond motifs is 1. The van der Waals surface area contributed by atoms with Gasteiger partial charge in [0.15, 0.2) is 0 Å². The van der Waals surface area contributed by atoms with Crippen LogP contribution in [0.15, 0.2) is 48.5 Å². The van der Waals surface area contributed by atoms with Crippen molar-refractivity contribution in [1.82, 2.24) is 0 Å². The van der Waals surface area contributed by atoms with E-state index < -0.39 is 0 Å². The molecule has 0 N–H and O–H groups in total. The van der Waals surface area contributed by atoms with Crippen molar-refractivity contribution in [2.24, 2.45) is 11.8 Å². The van der Waals surface area contributed by atoms with Gasteiger partial charge in [0.2, 0.25) is 0 Å². The molecule has 0 aliphatic heterocycles. The molecule has 1 aromatic heterocycles. The molecular formula is C32H50FeS. The molecule has 0 radical (unpaired) electrons. The van der Waals surface area contributed by atoms with Crippen LogP contribution in [0, 0.1) is 54.4 Å². The van der Waals surface area contributed by atoms with Gasteiger partial charge in [0, 0.05) is 9.58 Å². The average molecular weight is 523 g/mol. The largest absolute Gasteiger partial charge is 2.00 e. The molecule has 2 heteroatoms. The molecule has 2 fully saturated rings. The molecule has 0 atom stereocenters. The Balaban J connectivity index is 0. The molecule has 34 heavy (non-hydrogen) atoms. The van der Waals surface area contributed by atoms with E-state index in [0.717, 1.165) is 11.8 Å². The van der Waals surface area contributed by atoms with Crippen molar-refractivity contribution in [2.45, 2.75) is 92.9 Å². The van der Waals surface area contributed by atoms with Crippen LogP contribution in [0.5, 0.6) is 0 Å². The predicted octanol–water partition coefficient (Wildman–Crippen LogP) is 11.1. The van der Waals surface area contributed by atoms with E-state index in [2.05, 4.69) is 90.1 Å². The predicted molar refractivity (Wildman–Crippen MR) is 155 cm³/mol. The van der Waals surface area contributed by atoms with E-state index in [1.807, 2.05) is 11.3 Å². The number of rotatable bonds is 0. The van der Waals surface area contributed by atoms with Gasteiger partial charge in [0.05, 0.1) is 0 Å². The Bertz CT molecular complexity index is 848. The van der Waals surface area contributed by atoms with Crippen LogP contribution in [-0.4, -0.2) is 0 Å². The van der Waals surface area contributed by atoms with Crippen LogP contribution in [0.2, 0.25) is 0 Å². The quantitative estimate of drug-likeness (QED) is 0.203. The Morgan fingerprint density at radius 3 is 1.32 bits per heavy atom. The summed E-state index contributed by atoms with van der Waals surface area (Å²) in [4.78, 5) is 1.44. The maximum atomic E-state index is 2.34. The summed E-state index contributed by atoms with van der Waals surface area (Å²) in [7, 11) is 0. The molecule has 2 saturated carbocycles. The molecule has 0 saturated heterocycles. The van der Waals surface area contributed by atoms with Crippen LogP contribution in [-0.2, 0) is 17.1 Å². The number of benzene rings is 2. The molecular weight excluding hydrogens is 472 g/mol. The first-order chi connectivity index (χ1) is 14.9. The summed E-state index contributed by atoms with van der Waals surface area (Å²) in [6.07, 6.45) is 11.9. The minimum Gasteiger partial charge on any atom is -0.358 e. The third-order valence-electron chi connectivity index (χ3n) is 6.80. The second kappa shape index (κ2) is 19.1. The Labute approximate surface area is 227 Å². The zero-order valence-corrected chi connectivity index (χ0v) is 25.1. The molecule has 0 spiro atoms. The number of aryl methyl sites for hydroxylation is 4. The smallest absolute Gasteiger partial charge is 0.358 e. The van der Waals surface area contributed by atoms with Crippen molar-refractivity contribution in [2.75, 3.05) is 0 Å². The molecule has 3 aromatic rings. The van der Waals surface area contributed by atoms with E-state index in [4.69, 9.17) is 0 Å². The molecule has 2 aliphatic rings. The minimum absolute atomic E-state index is 0. The first-order valence-corrected chi connectivity index (χ1v) is 13.2. The fourth-order valence-electron chi connectivity index (χ4n) is 4.22. The zero-order valence-electron chi connectivity index (χ0n) is 23.2. The normalized spacial score (nSPS) is 14.6. The molecule has 1 heterocycles. The molecule has 2 aliphatic carbocycles. The van der Waals surface area contributed by atoms with Crippen molar-refractivity contribution in [3.8, 4) is 0 Å². The molecule has 0 unspecified atom stereocenters. The van der Waals surface area contributed by atoms with Gasteiger partial charge in [-0.1, -0.05) is 108 Å². The summed E-state index contributed by atoms with van der Waals surface area (Å²) in [5, 5.41) is 1.41. The summed E-state index contributed by atoms with van der Waals surface area (Å²) >= 11 is 1.88. The van der Waals surface area contributed by atoms with Crippen molar-refractivity contribution in [3.63, 3.8) is 0 Å². The SMILES string of the molecule is CC1CCCC1.CC1CCCC1.Cc1ccccc1C.Cc1sc2ccccc2c1C.[CH3-].[CH3-].[Fe+2]. The fourth-order valence-corrected chi connectivity index (χ4v) is 5.29. The maximum Gasteiger partial charge on any atom is 2.00 e. The Kier molecular flexibility index (Phi) is 19.8. The van der Waals surface area contributed by atoms with Gasteiger partial charge >= 0.3 is 17.1 Å². The van der Waals surface area contributed by atoms with Gasteiger partial charge in [0.1, 0.15) is 0 Å². The average Bonchev–Trinajstić information content (AvgIpc) is 3.50. The van der Waals surface area contributed by atoms with Crippen LogP contribution in [0.4, 0.5) is 0 Å². The van der Waals surface area contributed by atoms with Gasteiger partial charge in [0.25, 0.3) is 0 Å². The third kappa shape index (κ3) is 12.6. The first-order valence-electron chi connectivity index (χ1n) is 12.4. The number of hydrogen-bond acceptors (Lipinski definition) is 1. The molecule has 0 amide bonds. The van der Waals surface area contributed by atoms with E-state index in [0.29, 0.717) is 0 Å². The van der Waals surface area contributed by atoms with Gasteiger partial charge in [-0.05, 0) is 67.7 Å². The van der Waals surface area contributed by atoms with Crippen LogP contribution in [0.1, 0.15) is 86.8 Å². The van der Waals surface area contributed by atoms with Crippen molar-refractivity contribution >= 4 is 21.4 Å². The Morgan fingerprint density at radius 1 is 0.618 bits per heavy atom. The maximum absolute atomic E-state index is 2.34. The van der Waals surface area contributed by atoms with Gasteiger partial charge in [-0.15, -0.1) is 11.3 Å². The Morgan fingerprint density at radius 2 is 1.00 bits per heavy atom. The van der Waals surface area contributed by atoms with Gasteiger partial charge in [-0.3, -0.25) is 0 Å². The zero-order chi connectivity index (χ0) is 22.6. The van der Waals surface area contributed by atoms with Gasteiger partial charge in [-0.25, -0.2) is 0 Å². The topological polar surface area (TPSA) is 0 Å². The van der Waals surface area contributed by atoms with E-state index >= 15 is 0 Å². The number of thiophene rings is 1. The molecule has 192 valence electrons. The third-order valence-corrected chi connectivity index (χ3v) is 7.98. The van der Waals surface area contributed by atoms with Crippen LogP contribution in [0.25, 0.3) is 10.1 Å². The summed E-state index contributed by atoms with van der Waals surface area (Å²) < 4.78 is 1.41. The van der Waals surface area contributed by atoms with E-state index in [9.17, 15) is 0 Å². The number of hydrogen-bond donors (Lipinski definition) is 0. The summed E-state index contributed by atoms with van der Waals surface area (Å²) in [5.74, 6) is 2.09. The van der Waals surface area contributed by atoms with Crippen LogP contribution in [0.3, 0.4) is 0 Å². The summed E-state index contributed by atoms with van der Waals surface area (Å²) in [6, 6.07) is 16.9. The summed E-state index contributed by atoms with van der Waals surface area (Å²) in [6.45, 7) is 13.3.